The number of carbonyl (C=O) groups is 3. The Labute approximate surface area is 217 Å². The number of amides is 3. The number of hydrogen-bond donors (Lipinski definition) is 2. The number of hydrogen-bond acceptors (Lipinski definition) is 4. The maximum atomic E-state index is 13.7. The second-order valence-electron chi connectivity index (χ2n) is 10.4. The molecule has 1 fully saturated rings. The third kappa shape index (κ3) is 5.01. The van der Waals surface area contributed by atoms with Crippen LogP contribution in [0.2, 0.25) is 0 Å². The van der Waals surface area contributed by atoms with Gasteiger partial charge in [-0.05, 0) is 51.2 Å². The van der Waals surface area contributed by atoms with Crippen molar-refractivity contribution in [3.05, 3.63) is 88.5 Å². The molecule has 1 saturated carbocycles. The van der Waals surface area contributed by atoms with Crippen molar-refractivity contribution in [3.63, 3.8) is 0 Å². The Hall–Kier alpha value is -3.94. The number of nitrogens with zero attached hydrogens (tertiary/aromatic N) is 3. The number of aromatic nitrogens is 2. The highest BCUT2D eigenvalue weighted by Gasteiger charge is 2.53. The molecule has 3 amide bonds. The predicted octanol–water partition coefficient (Wildman–Crippen LogP) is 3.17. The Bertz CT molecular complexity index is 1320. The number of nitrogens with one attached hydrogen (secondary N) is 2. The Kier molecular flexibility index (Phi) is 6.58. The van der Waals surface area contributed by atoms with Gasteiger partial charge < -0.3 is 20.1 Å². The standard InChI is InChI=1S/C29H33N5O3/c1-19-4-8-21(9-5-19)14-15-30-26(35)24-25-27(36)34(23-12-13-23)29(3,17-33(25)18-32-24)28(37)31-16-22-10-6-20(2)7-11-22/h4-11,18,23H,12-17H2,1-3H3,(H,30,35)(H,31,37). The summed E-state index contributed by atoms with van der Waals surface area (Å²) in [6.07, 6.45) is 3.87. The van der Waals surface area contributed by atoms with Crippen LogP contribution in [0, 0.1) is 13.8 Å². The predicted molar refractivity (Wildman–Crippen MR) is 140 cm³/mol. The van der Waals surface area contributed by atoms with Crippen molar-refractivity contribution in [3.8, 4) is 0 Å². The minimum absolute atomic E-state index is 0.0104. The summed E-state index contributed by atoms with van der Waals surface area (Å²) in [4.78, 5) is 46.2. The molecule has 0 radical (unpaired) electrons. The van der Waals surface area contributed by atoms with E-state index in [-0.39, 0.29) is 41.7 Å². The maximum absolute atomic E-state index is 13.7. The molecule has 5 rings (SSSR count). The van der Waals surface area contributed by atoms with Gasteiger partial charge in [-0.2, -0.15) is 0 Å². The number of carbonyl (C=O) groups excluding carboxylic acids is 3. The van der Waals surface area contributed by atoms with Gasteiger partial charge in [-0.25, -0.2) is 4.98 Å². The van der Waals surface area contributed by atoms with Crippen LogP contribution in [-0.4, -0.2) is 50.3 Å². The third-order valence-electron chi connectivity index (χ3n) is 7.28. The van der Waals surface area contributed by atoms with Crippen molar-refractivity contribution in [2.24, 2.45) is 0 Å². The number of fused-ring (bicyclic) bond motifs is 1. The molecular formula is C29H33N5O3. The third-order valence-corrected chi connectivity index (χ3v) is 7.28. The highest BCUT2D eigenvalue weighted by molar-refractivity contribution is 6.07. The molecule has 1 unspecified atom stereocenters. The first kappa shape index (κ1) is 24.7. The van der Waals surface area contributed by atoms with Crippen molar-refractivity contribution in [1.29, 1.82) is 0 Å². The van der Waals surface area contributed by atoms with E-state index in [2.05, 4.69) is 15.6 Å². The minimum Gasteiger partial charge on any atom is -0.350 e. The largest absolute Gasteiger partial charge is 0.350 e. The van der Waals surface area contributed by atoms with Gasteiger partial charge in [0.05, 0.1) is 12.9 Å². The first-order chi connectivity index (χ1) is 17.8. The van der Waals surface area contributed by atoms with Crippen LogP contribution in [0.4, 0.5) is 0 Å². The van der Waals surface area contributed by atoms with Gasteiger partial charge in [-0.15, -0.1) is 0 Å². The van der Waals surface area contributed by atoms with Gasteiger partial charge in [0.15, 0.2) is 5.69 Å². The van der Waals surface area contributed by atoms with E-state index in [0.717, 1.165) is 29.5 Å². The van der Waals surface area contributed by atoms with Crippen LogP contribution in [0.1, 0.15) is 63.0 Å². The molecule has 2 heterocycles. The zero-order valence-electron chi connectivity index (χ0n) is 21.6. The van der Waals surface area contributed by atoms with E-state index < -0.39 is 5.54 Å². The molecular weight excluding hydrogens is 466 g/mol. The van der Waals surface area contributed by atoms with E-state index in [1.807, 2.05) is 62.4 Å². The summed E-state index contributed by atoms with van der Waals surface area (Å²) in [5.74, 6) is -0.905. The first-order valence-electron chi connectivity index (χ1n) is 12.8. The fourth-order valence-electron chi connectivity index (χ4n) is 4.96. The monoisotopic (exact) mass is 499 g/mol. The summed E-state index contributed by atoms with van der Waals surface area (Å²) < 4.78 is 1.65. The first-order valence-corrected chi connectivity index (χ1v) is 12.8. The van der Waals surface area contributed by atoms with Gasteiger partial charge in [-0.1, -0.05) is 59.7 Å². The van der Waals surface area contributed by atoms with Crippen LogP contribution in [0.3, 0.4) is 0 Å². The Morgan fingerprint density at radius 3 is 2.22 bits per heavy atom. The molecule has 37 heavy (non-hydrogen) atoms. The van der Waals surface area contributed by atoms with Gasteiger partial charge in [-0.3, -0.25) is 14.4 Å². The normalized spacial score (nSPS) is 18.9. The summed E-state index contributed by atoms with van der Waals surface area (Å²) in [6, 6.07) is 16.2. The van der Waals surface area contributed by atoms with E-state index in [4.69, 9.17) is 0 Å². The van der Waals surface area contributed by atoms with Gasteiger partial charge in [0, 0.05) is 19.1 Å². The van der Waals surface area contributed by atoms with Crippen LogP contribution in [0.15, 0.2) is 54.9 Å². The van der Waals surface area contributed by atoms with Crippen molar-refractivity contribution < 1.29 is 14.4 Å². The lowest BCUT2D eigenvalue weighted by atomic mass is 9.93. The fourth-order valence-corrected chi connectivity index (χ4v) is 4.96. The zero-order valence-corrected chi connectivity index (χ0v) is 21.6. The van der Waals surface area contributed by atoms with Gasteiger partial charge in [0.2, 0.25) is 5.91 Å². The SMILES string of the molecule is Cc1ccc(CCNC(=O)c2ncn3c2C(=O)N(C2CC2)C(C)(C(=O)NCc2ccc(C)cc2)C3)cc1. The van der Waals surface area contributed by atoms with E-state index >= 15 is 0 Å². The zero-order chi connectivity index (χ0) is 26.2. The topological polar surface area (TPSA) is 96.3 Å². The van der Waals surface area contributed by atoms with Crippen LogP contribution in [0.25, 0.3) is 0 Å². The molecule has 1 aliphatic heterocycles. The average molecular weight is 500 g/mol. The molecule has 1 aliphatic carbocycles. The molecule has 8 nitrogen and oxygen atoms in total. The fraction of sp³-hybridized carbons (Fsp3) is 0.379. The molecule has 2 aliphatic rings. The van der Waals surface area contributed by atoms with Crippen molar-refractivity contribution in [1.82, 2.24) is 25.1 Å². The van der Waals surface area contributed by atoms with Crippen LogP contribution >= 0.6 is 0 Å². The lowest BCUT2D eigenvalue weighted by molar-refractivity contribution is -0.133. The Morgan fingerprint density at radius 1 is 0.973 bits per heavy atom. The molecule has 0 bridgehead atoms. The molecule has 1 atom stereocenters. The highest BCUT2D eigenvalue weighted by Crippen LogP contribution is 2.38. The second-order valence-corrected chi connectivity index (χ2v) is 10.4. The van der Waals surface area contributed by atoms with E-state index in [1.165, 1.54) is 11.9 Å². The van der Waals surface area contributed by atoms with Crippen LogP contribution in [-0.2, 0) is 24.3 Å². The van der Waals surface area contributed by atoms with E-state index in [1.54, 1.807) is 16.4 Å². The van der Waals surface area contributed by atoms with E-state index in [9.17, 15) is 14.4 Å². The second kappa shape index (κ2) is 9.84. The molecule has 3 aromatic rings. The summed E-state index contributed by atoms with van der Waals surface area (Å²) in [6.45, 7) is 6.92. The van der Waals surface area contributed by atoms with Gasteiger partial charge in [0.1, 0.15) is 11.2 Å². The quantitative estimate of drug-likeness (QED) is 0.498. The molecule has 0 saturated heterocycles. The maximum Gasteiger partial charge on any atom is 0.274 e. The highest BCUT2D eigenvalue weighted by atomic mass is 16.2. The summed E-state index contributed by atoms with van der Waals surface area (Å²) >= 11 is 0. The van der Waals surface area contributed by atoms with Gasteiger partial charge >= 0.3 is 0 Å². The van der Waals surface area contributed by atoms with Gasteiger partial charge in [0.25, 0.3) is 11.8 Å². The molecule has 0 spiro atoms. The van der Waals surface area contributed by atoms with Crippen molar-refractivity contribution in [2.45, 2.75) is 64.7 Å². The lowest BCUT2D eigenvalue weighted by Gasteiger charge is -2.44. The summed E-state index contributed by atoms with van der Waals surface area (Å²) in [5, 5.41) is 5.92. The van der Waals surface area contributed by atoms with Crippen molar-refractivity contribution in [2.75, 3.05) is 6.54 Å². The van der Waals surface area contributed by atoms with Crippen LogP contribution in [0.5, 0.6) is 0 Å². The number of aryl methyl sites for hydroxylation is 2. The molecule has 2 aromatic carbocycles. The Balaban J connectivity index is 1.31. The summed E-state index contributed by atoms with van der Waals surface area (Å²) in [5.41, 5.74) is 3.76. The smallest absolute Gasteiger partial charge is 0.274 e. The van der Waals surface area contributed by atoms with E-state index in [0.29, 0.717) is 19.5 Å². The molecule has 1 aromatic heterocycles. The molecule has 8 heteroatoms. The summed E-state index contributed by atoms with van der Waals surface area (Å²) in [7, 11) is 0. The number of imidazole rings is 1. The minimum atomic E-state index is -1.07. The number of benzene rings is 2. The average Bonchev–Trinajstić information content (AvgIpc) is 3.62. The lowest BCUT2D eigenvalue weighted by Crippen LogP contribution is -2.64. The number of rotatable bonds is 8. The Morgan fingerprint density at radius 2 is 1.59 bits per heavy atom. The molecule has 2 N–H and O–H groups in total. The van der Waals surface area contributed by atoms with Crippen LogP contribution < -0.4 is 10.6 Å². The molecule has 192 valence electrons. The van der Waals surface area contributed by atoms with Crippen molar-refractivity contribution >= 4 is 17.7 Å².